The molecule has 17 heavy (non-hydrogen) atoms. The monoisotopic (exact) mass is 300 g/mol. The van der Waals surface area contributed by atoms with E-state index in [4.69, 9.17) is 0 Å². The standard InChI is InChI=1S/C7H7Br.C7H8.Al.Li.4H/c1-6-2-4-7(8)5-3-6;1-7-5-3-2-4-6-7;;;;;;/h2-5H,1H3;2-6H,1H3;;;;;;/q;;;+1;;;;-1. The molecule has 0 N–H and O–H groups in total. The number of rotatable bonds is 0. The van der Waals surface area contributed by atoms with Crippen molar-refractivity contribution in [3.63, 3.8) is 0 Å². The molecule has 0 spiro atoms. The predicted molar refractivity (Wildman–Crippen MR) is 81.1 cm³/mol. The van der Waals surface area contributed by atoms with E-state index in [9.17, 15) is 0 Å². The van der Waals surface area contributed by atoms with Crippen molar-refractivity contribution < 1.29 is 20.3 Å². The van der Waals surface area contributed by atoms with Crippen molar-refractivity contribution in [1.82, 2.24) is 0 Å². The van der Waals surface area contributed by atoms with Gasteiger partial charge in [0.1, 0.15) is 0 Å². The van der Waals surface area contributed by atoms with Crippen molar-refractivity contribution >= 4 is 33.3 Å². The Morgan fingerprint density at radius 1 is 0.765 bits per heavy atom. The molecule has 0 unspecified atom stereocenters. The number of hydrogen-bond acceptors (Lipinski definition) is 0. The molecule has 0 nitrogen and oxygen atoms in total. The summed E-state index contributed by atoms with van der Waals surface area (Å²) in [6.45, 7) is 4.16. The first-order valence-electron chi connectivity index (χ1n) is 4.92. The Hall–Kier alpha value is 0.0499. The third kappa shape index (κ3) is 9.72. The van der Waals surface area contributed by atoms with E-state index in [1.54, 1.807) is 0 Å². The molecule has 0 aromatic heterocycles. The Balaban J connectivity index is -0.000000215. The summed E-state index contributed by atoms with van der Waals surface area (Å²) >= 11 is 3.35. The zero-order valence-corrected chi connectivity index (χ0v) is 11.7. The summed E-state index contributed by atoms with van der Waals surface area (Å²) in [6.07, 6.45) is 0. The average molecular weight is 301 g/mol. The van der Waals surface area contributed by atoms with E-state index in [0.717, 1.165) is 4.47 Å². The fraction of sp³-hybridized carbons (Fsp3) is 0.143. The van der Waals surface area contributed by atoms with Crippen molar-refractivity contribution in [3.05, 3.63) is 70.2 Å². The van der Waals surface area contributed by atoms with Gasteiger partial charge in [-0.05, 0) is 26.0 Å². The van der Waals surface area contributed by atoms with E-state index in [2.05, 4.69) is 54.0 Å². The molecule has 0 aliphatic carbocycles. The SMILES string of the molecule is Cc1ccc(Br)cc1.Cc1ccccc1.[AlH3].[H-].[Li+]. The maximum Gasteiger partial charge on any atom is 1.00 e. The second-order valence-corrected chi connectivity index (χ2v) is 4.37. The van der Waals surface area contributed by atoms with Crippen LogP contribution in [0.5, 0.6) is 0 Å². The molecule has 0 amide bonds. The molecular weight excluding hydrogens is 282 g/mol. The van der Waals surface area contributed by atoms with E-state index >= 15 is 0 Å². The Morgan fingerprint density at radius 2 is 1.18 bits per heavy atom. The summed E-state index contributed by atoms with van der Waals surface area (Å²) in [7, 11) is 0. The third-order valence-electron chi connectivity index (χ3n) is 1.95. The molecule has 0 saturated heterocycles. The average Bonchev–Trinajstić information content (AvgIpc) is 2.25. The smallest absolute Gasteiger partial charge is 1.00 e. The van der Waals surface area contributed by atoms with E-state index in [0.29, 0.717) is 0 Å². The molecule has 0 radical (unpaired) electrons. The topological polar surface area (TPSA) is 0 Å². The van der Waals surface area contributed by atoms with E-state index in [-0.39, 0.29) is 37.6 Å². The van der Waals surface area contributed by atoms with E-state index in [1.165, 1.54) is 11.1 Å². The van der Waals surface area contributed by atoms with Crippen molar-refractivity contribution in [1.29, 1.82) is 0 Å². The zero-order chi connectivity index (χ0) is 11.1. The van der Waals surface area contributed by atoms with Crippen molar-refractivity contribution in [2.75, 3.05) is 0 Å². The van der Waals surface area contributed by atoms with E-state index in [1.807, 2.05) is 30.3 Å². The minimum Gasteiger partial charge on any atom is -1.00 e. The van der Waals surface area contributed by atoms with Crippen LogP contribution in [-0.4, -0.2) is 17.4 Å². The molecular formula is C14H19AlBrLi. The Labute approximate surface area is 137 Å². The molecule has 3 heteroatoms. The van der Waals surface area contributed by atoms with Gasteiger partial charge in [-0.2, -0.15) is 0 Å². The van der Waals surface area contributed by atoms with Gasteiger partial charge < -0.3 is 1.43 Å². The van der Waals surface area contributed by atoms with Crippen LogP contribution in [0.4, 0.5) is 0 Å². The van der Waals surface area contributed by atoms with Crippen LogP contribution in [0.15, 0.2) is 59.1 Å². The number of halogens is 1. The molecule has 2 rings (SSSR count). The molecule has 0 atom stereocenters. The minimum atomic E-state index is 0. The second-order valence-electron chi connectivity index (χ2n) is 3.45. The van der Waals surface area contributed by atoms with Gasteiger partial charge in [-0.25, -0.2) is 0 Å². The summed E-state index contributed by atoms with van der Waals surface area (Å²) in [5, 5.41) is 0. The normalized spacial score (nSPS) is 7.94. The second kappa shape index (κ2) is 11.2. The van der Waals surface area contributed by atoms with Crippen LogP contribution in [-0.2, 0) is 0 Å². The first kappa shape index (κ1) is 19.4. The fourth-order valence-corrected chi connectivity index (χ4v) is 1.33. The molecule has 86 valence electrons. The van der Waals surface area contributed by atoms with Crippen LogP contribution in [0.2, 0.25) is 0 Å². The minimum absolute atomic E-state index is 0. The Morgan fingerprint density at radius 3 is 1.47 bits per heavy atom. The van der Waals surface area contributed by atoms with Crippen molar-refractivity contribution in [3.8, 4) is 0 Å². The van der Waals surface area contributed by atoms with Gasteiger partial charge in [0.2, 0.25) is 0 Å². The van der Waals surface area contributed by atoms with Gasteiger partial charge in [0.05, 0.1) is 0 Å². The largest absolute Gasteiger partial charge is 1.00 e. The third-order valence-corrected chi connectivity index (χ3v) is 2.48. The van der Waals surface area contributed by atoms with Crippen LogP contribution in [0.1, 0.15) is 12.6 Å². The van der Waals surface area contributed by atoms with Gasteiger partial charge in [-0.1, -0.05) is 69.5 Å². The summed E-state index contributed by atoms with van der Waals surface area (Å²) < 4.78 is 1.14. The van der Waals surface area contributed by atoms with Gasteiger partial charge in [0, 0.05) is 4.47 Å². The molecule has 0 aliphatic rings. The van der Waals surface area contributed by atoms with Gasteiger partial charge in [-0.15, -0.1) is 0 Å². The fourth-order valence-electron chi connectivity index (χ4n) is 1.07. The Kier molecular flexibility index (Phi) is 12.7. The maximum atomic E-state index is 3.35. The zero-order valence-electron chi connectivity index (χ0n) is 11.1. The van der Waals surface area contributed by atoms with Crippen LogP contribution < -0.4 is 18.9 Å². The first-order chi connectivity index (χ1) is 7.18. The summed E-state index contributed by atoms with van der Waals surface area (Å²) in [5.74, 6) is 0. The first-order valence-corrected chi connectivity index (χ1v) is 5.71. The number of aryl methyl sites for hydroxylation is 2. The molecule has 0 heterocycles. The van der Waals surface area contributed by atoms with Crippen molar-refractivity contribution in [2.24, 2.45) is 0 Å². The van der Waals surface area contributed by atoms with E-state index < -0.39 is 0 Å². The van der Waals surface area contributed by atoms with Crippen LogP contribution in [0.3, 0.4) is 0 Å². The van der Waals surface area contributed by atoms with Gasteiger partial charge >= 0.3 is 18.9 Å². The van der Waals surface area contributed by atoms with Crippen LogP contribution in [0.25, 0.3) is 0 Å². The quantitative estimate of drug-likeness (QED) is 0.628. The molecule has 0 aliphatic heterocycles. The molecule has 0 bridgehead atoms. The summed E-state index contributed by atoms with van der Waals surface area (Å²) in [5.41, 5.74) is 2.62. The molecule has 2 aromatic carbocycles. The summed E-state index contributed by atoms with van der Waals surface area (Å²) in [4.78, 5) is 0. The van der Waals surface area contributed by atoms with Crippen LogP contribution >= 0.6 is 15.9 Å². The molecule has 0 saturated carbocycles. The van der Waals surface area contributed by atoms with Gasteiger partial charge in [-0.3, -0.25) is 0 Å². The van der Waals surface area contributed by atoms with Gasteiger partial charge in [0.15, 0.2) is 17.4 Å². The number of benzene rings is 2. The molecule has 2 aromatic rings. The van der Waals surface area contributed by atoms with Crippen LogP contribution in [0, 0.1) is 13.8 Å². The van der Waals surface area contributed by atoms with Gasteiger partial charge in [0.25, 0.3) is 0 Å². The van der Waals surface area contributed by atoms with Crippen molar-refractivity contribution in [2.45, 2.75) is 13.8 Å². The molecule has 0 fully saturated rings. The number of hydrogen-bond donors (Lipinski definition) is 0. The maximum absolute atomic E-state index is 3.35. The predicted octanol–water partition coefficient (Wildman–Crippen LogP) is 0.685. The Bertz CT molecular complexity index is 371. The summed E-state index contributed by atoms with van der Waals surface area (Å²) in [6, 6.07) is 18.5.